The Morgan fingerprint density at radius 3 is 2.48 bits per heavy atom. The second kappa shape index (κ2) is 9.03. The fourth-order valence-electron chi connectivity index (χ4n) is 2.94. The van der Waals surface area contributed by atoms with Crippen molar-refractivity contribution in [2.75, 3.05) is 32.7 Å². The molecule has 5 heteroatoms. The first-order chi connectivity index (χ1) is 10.0. The quantitative estimate of drug-likeness (QED) is 0.738. The van der Waals surface area contributed by atoms with Gasteiger partial charge in [0.2, 0.25) is 11.8 Å². The van der Waals surface area contributed by atoms with Crippen molar-refractivity contribution in [1.29, 1.82) is 0 Å². The molecule has 5 nitrogen and oxygen atoms in total. The lowest BCUT2D eigenvalue weighted by molar-refractivity contribution is -0.136. The fourth-order valence-corrected chi connectivity index (χ4v) is 2.94. The smallest absolute Gasteiger partial charge is 0.236 e. The van der Waals surface area contributed by atoms with Crippen LogP contribution in [0, 0.1) is 11.8 Å². The molecule has 1 aliphatic rings. The van der Waals surface area contributed by atoms with Gasteiger partial charge < -0.3 is 10.6 Å². The molecule has 21 heavy (non-hydrogen) atoms. The molecule has 1 unspecified atom stereocenters. The molecule has 1 atom stereocenters. The third kappa shape index (κ3) is 5.65. The number of likely N-dealkylation sites (N-methyl/N-ethyl adjacent to an activating group) is 1. The predicted octanol–water partition coefficient (Wildman–Crippen LogP) is 1.47. The highest BCUT2D eigenvalue weighted by molar-refractivity contribution is 5.81. The zero-order valence-electron chi connectivity index (χ0n) is 13.8. The Morgan fingerprint density at radius 1 is 1.29 bits per heavy atom. The molecule has 0 aromatic rings. The molecular weight excluding hydrogens is 266 g/mol. The van der Waals surface area contributed by atoms with Crippen LogP contribution in [0.2, 0.25) is 0 Å². The Bertz CT molecular complexity index is 342. The lowest BCUT2D eigenvalue weighted by atomic mass is 9.97. The van der Waals surface area contributed by atoms with Crippen LogP contribution in [0.15, 0.2) is 0 Å². The molecule has 0 aromatic heterocycles. The van der Waals surface area contributed by atoms with Crippen LogP contribution in [0.1, 0.15) is 46.5 Å². The monoisotopic (exact) mass is 297 g/mol. The second-order valence-corrected chi connectivity index (χ2v) is 6.09. The number of likely N-dealkylation sites (tertiary alicyclic amines) is 1. The number of primary amides is 1. The fraction of sp³-hybridized carbons (Fsp3) is 0.875. The van der Waals surface area contributed by atoms with Gasteiger partial charge >= 0.3 is 0 Å². The number of nitrogens with zero attached hydrogens (tertiary/aromatic N) is 2. The zero-order valence-corrected chi connectivity index (χ0v) is 13.8. The largest absolute Gasteiger partial charge is 0.369 e. The highest BCUT2D eigenvalue weighted by Gasteiger charge is 2.27. The summed E-state index contributed by atoms with van der Waals surface area (Å²) in [7, 11) is 0. The molecule has 0 spiro atoms. The summed E-state index contributed by atoms with van der Waals surface area (Å²) in [5, 5.41) is 0. The highest BCUT2D eigenvalue weighted by Crippen LogP contribution is 2.17. The van der Waals surface area contributed by atoms with Gasteiger partial charge in [0, 0.05) is 19.6 Å². The molecule has 1 heterocycles. The lowest BCUT2D eigenvalue weighted by Gasteiger charge is -2.33. The van der Waals surface area contributed by atoms with Gasteiger partial charge in [-0.3, -0.25) is 14.5 Å². The maximum absolute atomic E-state index is 12.4. The molecule has 0 bridgehead atoms. The van der Waals surface area contributed by atoms with E-state index >= 15 is 0 Å². The number of hydrogen-bond donors (Lipinski definition) is 1. The third-order valence-electron chi connectivity index (χ3n) is 4.65. The molecule has 0 aliphatic carbocycles. The Morgan fingerprint density at radius 2 is 1.95 bits per heavy atom. The predicted molar refractivity (Wildman–Crippen MR) is 84.7 cm³/mol. The van der Waals surface area contributed by atoms with E-state index in [1.54, 1.807) is 0 Å². The minimum absolute atomic E-state index is 0.133. The average molecular weight is 297 g/mol. The summed E-state index contributed by atoms with van der Waals surface area (Å²) in [6.45, 7) is 10.1. The SMILES string of the molecule is CCC(CC)CN(CC)CC(=O)N1CCCC(C(N)=O)C1. The first kappa shape index (κ1) is 18.0. The number of piperidine rings is 1. The van der Waals surface area contributed by atoms with E-state index in [4.69, 9.17) is 5.73 Å². The van der Waals surface area contributed by atoms with Gasteiger partial charge in [-0.15, -0.1) is 0 Å². The molecule has 0 aromatic carbocycles. The van der Waals surface area contributed by atoms with Crippen LogP contribution in [-0.4, -0.2) is 54.3 Å². The summed E-state index contributed by atoms with van der Waals surface area (Å²) in [4.78, 5) is 27.8. The Kier molecular flexibility index (Phi) is 7.72. The van der Waals surface area contributed by atoms with Crippen molar-refractivity contribution >= 4 is 11.8 Å². The van der Waals surface area contributed by atoms with E-state index in [0.717, 1.165) is 45.3 Å². The first-order valence-electron chi connectivity index (χ1n) is 8.31. The van der Waals surface area contributed by atoms with Gasteiger partial charge in [0.15, 0.2) is 0 Å². The molecule has 1 rings (SSSR count). The maximum atomic E-state index is 12.4. The van der Waals surface area contributed by atoms with Crippen molar-refractivity contribution < 1.29 is 9.59 Å². The number of nitrogens with two attached hydrogens (primary N) is 1. The molecule has 2 N–H and O–H groups in total. The van der Waals surface area contributed by atoms with E-state index < -0.39 is 0 Å². The molecule has 1 aliphatic heterocycles. The summed E-state index contributed by atoms with van der Waals surface area (Å²) in [5.41, 5.74) is 5.37. The van der Waals surface area contributed by atoms with E-state index in [9.17, 15) is 9.59 Å². The van der Waals surface area contributed by atoms with Gasteiger partial charge in [-0.05, 0) is 25.3 Å². The van der Waals surface area contributed by atoms with Crippen molar-refractivity contribution in [1.82, 2.24) is 9.80 Å². The minimum atomic E-state index is -0.281. The van der Waals surface area contributed by atoms with Crippen molar-refractivity contribution in [3.63, 3.8) is 0 Å². The Balaban J connectivity index is 2.51. The van der Waals surface area contributed by atoms with Crippen LogP contribution in [0.3, 0.4) is 0 Å². The number of hydrogen-bond acceptors (Lipinski definition) is 3. The van der Waals surface area contributed by atoms with Gasteiger partial charge in [-0.2, -0.15) is 0 Å². The van der Waals surface area contributed by atoms with Crippen molar-refractivity contribution in [2.24, 2.45) is 17.6 Å². The summed E-state index contributed by atoms with van der Waals surface area (Å²) in [6, 6.07) is 0. The number of amides is 2. The van der Waals surface area contributed by atoms with Crippen LogP contribution < -0.4 is 5.73 Å². The van der Waals surface area contributed by atoms with E-state index in [1.165, 1.54) is 0 Å². The molecule has 1 saturated heterocycles. The van der Waals surface area contributed by atoms with Crippen molar-refractivity contribution in [3.05, 3.63) is 0 Å². The molecule has 0 saturated carbocycles. The Hall–Kier alpha value is -1.10. The van der Waals surface area contributed by atoms with E-state index in [0.29, 0.717) is 19.0 Å². The number of carbonyl (C=O) groups is 2. The maximum Gasteiger partial charge on any atom is 0.236 e. The van der Waals surface area contributed by atoms with Crippen LogP contribution in [-0.2, 0) is 9.59 Å². The lowest BCUT2D eigenvalue weighted by Crippen LogP contribution is -2.48. The minimum Gasteiger partial charge on any atom is -0.369 e. The summed E-state index contributed by atoms with van der Waals surface area (Å²) in [5.74, 6) is 0.333. The van der Waals surface area contributed by atoms with Crippen molar-refractivity contribution in [3.8, 4) is 0 Å². The molecule has 122 valence electrons. The van der Waals surface area contributed by atoms with E-state index in [1.807, 2.05) is 4.90 Å². The normalized spacial score (nSPS) is 19.3. The number of rotatable bonds is 8. The highest BCUT2D eigenvalue weighted by atomic mass is 16.2. The topological polar surface area (TPSA) is 66.6 Å². The van der Waals surface area contributed by atoms with Gasteiger partial charge in [0.05, 0.1) is 12.5 Å². The van der Waals surface area contributed by atoms with Crippen LogP contribution in [0.4, 0.5) is 0 Å². The molecular formula is C16H31N3O2. The third-order valence-corrected chi connectivity index (χ3v) is 4.65. The molecule has 1 fully saturated rings. The summed E-state index contributed by atoms with van der Waals surface area (Å²) in [6.07, 6.45) is 3.98. The average Bonchev–Trinajstić information content (AvgIpc) is 2.51. The Labute approximate surface area is 128 Å². The van der Waals surface area contributed by atoms with Crippen LogP contribution >= 0.6 is 0 Å². The first-order valence-corrected chi connectivity index (χ1v) is 8.31. The van der Waals surface area contributed by atoms with Gasteiger partial charge in [-0.1, -0.05) is 33.6 Å². The van der Waals surface area contributed by atoms with Crippen molar-refractivity contribution in [2.45, 2.75) is 46.5 Å². The van der Waals surface area contributed by atoms with Gasteiger partial charge in [0.1, 0.15) is 0 Å². The van der Waals surface area contributed by atoms with E-state index in [-0.39, 0.29) is 17.7 Å². The van der Waals surface area contributed by atoms with Gasteiger partial charge in [-0.25, -0.2) is 0 Å². The standard InChI is InChI=1S/C16H31N3O2/c1-4-13(5-2)10-18(6-3)12-15(20)19-9-7-8-14(11-19)16(17)21/h13-14H,4-12H2,1-3H3,(H2,17,21). The zero-order chi connectivity index (χ0) is 15.8. The molecule has 2 amide bonds. The second-order valence-electron chi connectivity index (χ2n) is 6.09. The van der Waals surface area contributed by atoms with Gasteiger partial charge in [0.25, 0.3) is 0 Å². The summed E-state index contributed by atoms with van der Waals surface area (Å²) >= 11 is 0. The van der Waals surface area contributed by atoms with Crippen LogP contribution in [0.5, 0.6) is 0 Å². The number of carbonyl (C=O) groups excluding carboxylic acids is 2. The van der Waals surface area contributed by atoms with Crippen LogP contribution in [0.25, 0.3) is 0 Å². The van der Waals surface area contributed by atoms with E-state index in [2.05, 4.69) is 25.7 Å². The summed E-state index contributed by atoms with van der Waals surface area (Å²) < 4.78 is 0. The molecule has 0 radical (unpaired) electrons.